The van der Waals surface area contributed by atoms with Crippen molar-refractivity contribution in [2.75, 3.05) is 10.7 Å². The summed E-state index contributed by atoms with van der Waals surface area (Å²) in [5.41, 5.74) is 3.02. The number of benzene rings is 1. The molecule has 0 saturated heterocycles. The molecule has 0 amide bonds. The average molecular weight is 376 g/mol. The van der Waals surface area contributed by atoms with Crippen LogP contribution in [0.3, 0.4) is 0 Å². The molecule has 1 aromatic carbocycles. The highest BCUT2D eigenvalue weighted by atomic mass is 79.9. The summed E-state index contributed by atoms with van der Waals surface area (Å²) < 4.78 is 0. The van der Waals surface area contributed by atoms with Crippen molar-refractivity contribution in [3.05, 3.63) is 35.4 Å². The van der Waals surface area contributed by atoms with Crippen LogP contribution in [-0.2, 0) is 5.41 Å². The molecule has 1 aromatic rings. The van der Waals surface area contributed by atoms with Crippen LogP contribution >= 0.6 is 31.9 Å². The molecule has 102 valence electrons. The van der Waals surface area contributed by atoms with Crippen LogP contribution in [-0.4, -0.2) is 10.7 Å². The first-order valence-electron chi connectivity index (χ1n) is 6.73. The summed E-state index contributed by atoms with van der Waals surface area (Å²) in [4.78, 5) is 0. The molecule has 0 unspecified atom stereocenters. The molecule has 0 aromatic heterocycles. The van der Waals surface area contributed by atoms with Crippen molar-refractivity contribution in [1.82, 2.24) is 0 Å². The van der Waals surface area contributed by atoms with Gasteiger partial charge in [0.2, 0.25) is 0 Å². The topological polar surface area (TPSA) is 0 Å². The SMILES string of the molecule is Cc1ccc(C(CBr)(CBr)CCCC(C)C)cc1. The van der Waals surface area contributed by atoms with Crippen molar-refractivity contribution in [2.24, 2.45) is 5.92 Å². The first-order valence-corrected chi connectivity index (χ1v) is 8.97. The van der Waals surface area contributed by atoms with Gasteiger partial charge < -0.3 is 0 Å². The maximum Gasteiger partial charge on any atom is 0.0147 e. The largest absolute Gasteiger partial charge is 0.0918 e. The van der Waals surface area contributed by atoms with E-state index in [1.165, 1.54) is 30.4 Å². The first-order chi connectivity index (χ1) is 8.54. The number of rotatable bonds is 7. The molecule has 0 atom stereocenters. The molecular formula is C16H24Br2. The number of aryl methyl sites for hydroxylation is 1. The molecule has 0 saturated carbocycles. The molecule has 0 fully saturated rings. The highest BCUT2D eigenvalue weighted by Gasteiger charge is 2.29. The lowest BCUT2D eigenvalue weighted by atomic mass is 9.79. The molecule has 0 aliphatic carbocycles. The summed E-state index contributed by atoms with van der Waals surface area (Å²) in [5, 5.41) is 2.04. The normalized spacial score (nSPS) is 12.1. The van der Waals surface area contributed by atoms with Crippen LogP contribution in [0.2, 0.25) is 0 Å². The Morgan fingerprint density at radius 2 is 1.61 bits per heavy atom. The van der Waals surface area contributed by atoms with E-state index in [1.807, 2.05) is 0 Å². The van der Waals surface area contributed by atoms with Gasteiger partial charge in [0.25, 0.3) is 0 Å². The minimum atomic E-state index is 0.239. The van der Waals surface area contributed by atoms with E-state index >= 15 is 0 Å². The Kier molecular flexibility index (Phi) is 6.94. The molecular weight excluding hydrogens is 352 g/mol. The quantitative estimate of drug-likeness (QED) is 0.524. The molecule has 0 spiro atoms. The first kappa shape index (κ1) is 16.2. The predicted octanol–water partition coefficient (Wildman–Crippen LogP) is 5.85. The fraction of sp³-hybridized carbons (Fsp3) is 0.625. The third-order valence-electron chi connectivity index (χ3n) is 3.61. The van der Waals surface area contributed by atoms with Crippen molar-refractivity contribution in [1.29, 1.82) is 0 Å². The standard InChI is InChI=1S/C16H24Br2/c1-13(2)5-4-10-16(11-17,12-18)15-8-6-14(3)7-9-15/h6-9,13H,4-5,10-12H2,1-3H3. The zero-order valence-electron chi connectivity index (χ0n) is 11.7. The Balaban J connectivity index is 2.81. The molecule has 0 nitrogen and oxygen atoms in total. The van der Waals surface area contributed by atoms with Crippen molar-refractivity contribution in [3.63, 3.8) is 0 Å². The van der Waals surface area contributed by atoms with Gasteiger partial charge in [0.1, 0.15) is 0 Å². The van der Waals surface area contributed by atoms with E-state index in [-0.39, 0.29) is 5.41 Å². The Morgan fingerprint density at radius 1 is 1.06 bits per heavy atom. The Bertz CT molecular complexity index is 337. The highest BCUT2D eigenvalue weighted by molar-refractivity contribution is 9.09. The van der Waals surface area contributed by atoms with Crippen LogP contribution in [0.4, 0.5) is 0 Å². The Labute approximate surface area is 129 Å². The van der Waals surface area contributed by atoms with Crippen molar-refractivity contribution in [3.8, 4) is 0 Å². The summed E-state index contributed by atoms with van der Waals surface area (Å²) in [6, 6.07) is 9.01. The molecule has 0 radical (unpaired) electrons. The maximum absolute atomic E-state index is 3.73. The average Bonchev–Trinajstić information content (AvgIpc) is 2.36. The molecule has 0 aliphatic heterocycles. The predicted molar refractivity (Wildman–Crippen MR) is 89.1 cm³/mol. The smallest absolute Gasteiger partial charge is 0.0147 e. The van der Waals surface area contributed by atoms with Gasteiger partial charge >= 0.3 is 0 Å². The third-order valence-corrected chi connectivity index (χ3v) is 5.76. The lowest BCUT2D eigenvalue weighted by Crippen LogP contribution is -2.30. The summed E-state index contributed by atoms with van der Waals surface area (Å²) >= 11 is 7.45. The van der Waals surface area contributed by atoms with Gasteiger partial charge in [-0.25, -0.2) is 0 Å². The third kappa shape index (κ3) is 4.38. The van der Waals surface area contributed by atoms with E-state index in [0.29, 0.717) is 0 Å². The van der Waals surface area contributed by atoms with Crippen LogP contribution < -0.4 is 0 Å². The second-order valence-electron chi connectivity index (χ2n) is 5.70. The van der Waals surface area contributed by atoms with Gasteiger partial charge in [-0.05, 0) is 24.8 Å². The van der Waals surface area contributed by atoms with Crippen molar-refractivity contribution < 1.29 is 0 Å². The van der Waals surface area contributed by atoms with Crippen LogP contribution in [0.25, 0.3) is 0 Å². The summed E-state index contributed by atoms with van der Waals surface area (Å²) in [6.07, 6.45) is 3.85. The molecule has 0 bridgehead atoms. The Hall–Kier alpha value is 0.180. The number of alkyl halides is 2. The Morgan fingerprint density at radius 3 is 2.06 bits per heavy atom. The number of hydrogen-bond donors (Lipinski definition) is 0. The van der Waals surface area contributed by atoms with Gasteiger partial charge in [0.15, 0.2) is 0 Å². The number of hydrogen-bond acceptors (Lipinski definition) is 0. The fourth-order valence-electron chi connectivity index (χ4n) is 2.22. The number of halogens is 2. The minimum Gasteiger partial charge on any atom is -0.0918 e. The second-order valence-corrected chi connectivity index (χ2v) is 6.82. The maximum atomic E-state index is 3.73. The van der Waals surface area contributed by atoms with E-state index in [2.05, 4.69) is 76.9 Å². The molecule has 0 aliphatic rings. The van der Waals surface area contributed by atoms with Gasteiger partial charge in [-0.15, -0.1) is 0 Å². The van der Waals surface area contributed by atoms with E-state index < -0.39 is 0 Å². The van der Waals surface area contributed by atoms with Gasteiger partial charge in [0.05, 0.1) is 0 Å². The van der Waals surface area contributed by atoms with Crippen molar-refractivity contribution in [2.45, 2.75) is 45.4 Å². The van der Waals surface area contributed by atoms with Gasteiger partial charge in [-0.1, -0.05) is 88.4 Å². The van der Waals surface area contributed by atoms with Gasteiger partial charge in [0, 0.05) is 16.1 Å². The monoisotopic (exact) mass is 374 g/mol. The van der Waals surface area contributed by atoms with E-state index in [0.717, 1.165) is 16.6 Å². The zero-order chi connectivity index (χ0) is 13.6. The summed E-state index contributed by atoms with van der Waals surface area (Å²) in [7, 11) is 0. The minimum absolute atomic E-state index is 0.239. The molecule has 1 rings (SSSR count). The molecule has 0 N–H and O–H groups in total. The molecule has 2 heteroatoms. The van der Waals surface area contributed by atoms with Crippen molar-refractivity contribution >= 4 is 31.9 Å². The molecule has 18 heavy (non-hydrogen) atoms. The fourth-order valence-corrected chi connectivity index (χ4v) is 4.36. The highest BCUT2D eigenvalue weighted by Crippen LogP contribution is 2.34. The van der Waals surface area contributed by atoms with E-state index in [1.54, 1.807) is 0 Å². The van der Waals surface area contributed by atoms with Gasteiger partial charge in [-0.2, -0.15) is 0 Å². The second kappa shape index (κ2) is 7.69. The lowest BCUT2D eigenvalue weighted by molar-refractivity contribution is 0.439. The van der Waals surface area contributed by atoms with E-state index in [4.69, 9.17) is 0 Å². The van der Waals surface area contributed by atoms with Crippen LogP contribution in [0.5, 0.6) is 0 Å². The lowest BCUT2D eigenvalue weighted by Gasteiger charge is -2.31. The van der Waals surface area contributed by atoms with Gasteiger partial charge in [-0.3, -0.25) is 0 Å². The van der Waals surface area contributed by atoms with Crippen LogP contribution in [0, 0.1) is 12.8 Å². The van der Waals surface area contributed by atoms with Crippen LogP contribution in [0.15, 0.2) is 24.3 Å². The van der Waals surface area contributed by atoms with E-state index in [9.17, 15) is 0 Å². The van der Waals surface area contributed by atoms with Crippen LogP contribution in [0.1, 0.15) is 44.2 Å². The summed E-state index contributed by atoms with van der Waals surface area (Å²) in [6.45, 7) is 6.75. The summed E-state index contributed by atoms with van der Waals surface area (Å²) in [5.74, 6) is 0.798. The zero-order valence-corrected chi connectivity index (χ0v) is 14.9. The molecule has 0 heterocycles.